The van der Waals surface area contributed by atoms with Gasteiger partial charge in [-0.2, -0.15) is 0 Å². The fourth-order valence-electron chi connectivity index (χ4n) is 5.10. The van der Waals surface area contributed by atoms with Crippen molar-refractivity contribution in [1.82, 2.24) is 19.9 Å². The first-order valence-electron chi connectivity index (χ1n) is 13.3. The fraction of sp³-hybridized carbons (Fsp3) is 0.464. The van der Waals surface area contributed by atoms with E-state index in [0.717, 1.165) is 25.3 Å². The van der Waals surface area contributed by atoms with Gasteiger partial charge in [-0.1, -0.05) is 0 Å². The number of nitrogens with zero attached hydrogens (tertiary/aromatic N) is 5. The summed E-state index contributed by atoms with van der Waals surface area (Å²) in [5.41, 5.74) is 2.87. The Morgan fingerprint density at radius 3 is 2.74 bits per heavy atom. The molecule has 2 fully saturated rings. The number of aromatic nitrogens is 3. The predicted octanol–water partition coefficient (Wildman–Crippen LogP) is 3.42. The summed E-state index contributed by atoms with van der Waals surface area (Å²) in [5, 5.41) is 3.39. The second-order valence-corrected chi connectivity index (χ2v) is 10.3. The molecule has 2 aliphatic rings. The van der Waals surface area contributed by atoms with Crippen LogP contribution in [0.2, 0.25) is 0 Å². The second kappa shape index (κ2) is 11.7. The van der Waals surface area contributed by atoms with Crippen molar-refractivity contribution < 1.29 is 13.5 Å². The normalized spacial score (nSPS) is 20.3. The predicted molar refractivity (Wildman–Crippen MR) is 149 cm³/mol. The molecule has 2 atom stereocenters. The quantitative estimate of drug-likeness (QED) is 0.472. The molecule has 2 N–H and O–H groups in total. The Bertz CT molecular complexity index is 1370. The van der Waals surface area contributed by atoms with E-state index in [0.29, 0.717) is 59.8 Å². The molecular formula is C28H35F2N7O2. The summed E-state index contributed by atoms with van der Waals surface area (Å²) in [4.78, 5) is 29.9. The van der Waals surface area contributed by atoms with E-state index < -0.39 is 6.67 Å². The molecule has 9 nitrogen and oxygen atoms in total. The summed E-state index contributed by atoms with van der Waals surface area (Å²) in [6.07, 6.45) is 3.23. The summed E-state index contributed by atoms with van der Waals surface area (Å²) < 4.78 is 35.0. The van der Waals surface area contributed by atoms with Gasteiger partial charge in [0, 0.05) is 69.3 Å². The van der Waals surface area contributed by atoms with Gasteiger partial charge >= 0.3 is 0 Å². The third kappa shape index (κ3) is 6.04. The van der Waals surface area contributed by atoms with Crippen LogP contribution in [0.3, 0.4) is 0 Å². The number of halogens is 2. The lowest BCUT2D eigenvalue weighted by atomic mass is 10.1. The largest absolute Gasteiger partial charge is 0.379 e. The molecule has 0 bridgehead atoms. The highest BCUT2D eigenvalue weighted by atomic mass is 19.1. The van der Waals surface area contributed by atoms with Crippen molar-refractivity contribution in [2.75, 3.05) is 61.5 Å². The molecule has 2 aliphatic heterocycles. The minimum atomic E-state index is -0.748. The van der Waals surface area contributed by atoms with Gasteiger partial charge < -0.3 is 29.7 Å². The van der Waals surface area contributed by atoms with Gasteiger partial charge in [0.2, 0.25) is 11.5 Å². The van der Waals surface area contributed by atoms with Gasteiger partial charge in [0.05, 0.1) is 29.8 Å². The van der Waals surface area contributed by atoms with Crippen LogP contribution in [-0.2, 0) is 18.0 Å². The van der Waals surface area contributed by atoms with Gasteiger partial charge in [0.1, 0.15) is 12.5 Å². The van der Waals surface area contributed by atoms with Crippen LogP contribution in [0.5, 0.6) is 0 Å². The van der Waals surface area contributed by atoms with Gasteiger partial charge in [-0.3, -0.25) is 4.79 Å². The Hall–Kier alpha value is -3.57. The molecule has 5 rings (SSSR count). The van der Waals surface area contributed by atoms with Crippen LogP contribution >= 0.6 is 0 Å². The van der Waals surface area contributed by atoms with Gasteiger partial charge in [0.25, 0.3) is 0 Å². The molecule has 3 aromatic rings. The van der Waals surface area contributed by atoms with Crippen LogP contribution in [0.4, 0.5) is 26.1 Å². The Morgan fingerprint density at radius 1 is 1.13 bits per heavy atom. The van der Waals surface area contributed by atoms with E-state index in [1.54, 1.807) is 24.4 Å². The summed E-state index contributed by atoms with van der Waals surface area (Å²) in [7, 11) is 2.08. The van der Waals surface area contributed by atoms with Crippen LogP contribution in [0.15, 0.2) is 41.5 Å². The van der Waals surface area contributed by atoms with Crippen molar-refractivity contribution in [3.05, 3.63) is 64.0 Å². The molecule has 11 heteroatoms. The molecule has 0 spiro atoms. The number of anilines is 3. The maximum absolute atomic E-state index is 15.8. The molecule has 0 aliphatic carbocycles. The van der Waals surface area contributed by atoms with Crippen molar-refractivity contribution >= 4 is 17.3 Å². The second-order valence-electron chi connectivity index (χ2n) is 10.3. The number of hydrogen-bond donors (Lipinski definition) is 2. The van der Waals surface area contributed by atoms with E-state index >= 15 is 4.39 Å². The topological polar surface area (TPSA) is 89.6 Å². The Morgan fingerprint density at radius 2 is 1.97 bits per heavy atom. The number of piperazine rings is 1. The number of rotatable bonds is 7. The van der Waals surface area contributed by atoms with Crippen LogP contribution < -0.4 is 20.7 Å². The van der Waals surface area contributed by atoms with Gasteiger partial charge in [0.15, 0.2) is 0 Å². The average molecular weight is 540 g/mol. The SMILES string of the molecule is C[C@H]1CN(c2nccc(-c3cc(NCc4c[nH]c(=O)cc4CF)c(N4CCN(C)[C@@H](C)C4)cc3F)n2)CCO1. The number of pyridine rings is 1. The minimum Gasteiger partial charge on any atom is -0.379 e. The number of H-pyrrole nitrogens is 1. The molecule has 0 radical (unpaired) electrons. The number of alkyl halides is 1. The van der Waals surface area contributed by atoms with Gasteiger partial charge in [-0.15, -0.1) is 0 Å². The van der Waals surface area contributed by atoms with Crippen LogP contribution in [0.1, 0.15) is 25.0 Å². The number of likely N-dealkylation sites (N-methyl/N-ethyl adjacent to an activating group) is 1. The lowest BCUT2D eigenvalue weighted by Crippen LogP contribution is -2.50. The number of ether oxygens (including phenoxy) is 1. The van der Waals surface area contributed by atoms with Gasteiger partial charge in [-0.25, -0.2) is 18.7 Å². The summed E-state index contributed by atoms with van der Waals surface area (Å²) >= 11 is 0. The number of benzene rings is 1. The zero-order valence-electron chi connectivity index (χ0n) is 22.6. The van der Waals surface area contributed by atoms with Gasteiger partial charge in [-0.05, 0) is 50.2 Å². The first kappa shape index (κ1) is 27.0. The Labute approximate surface area is 226 Å². The number of hydrogen-bond acceptors (Lipinski definition) is 8. The van der Waals surface area contributed by atoms with E-state index in [-0.39, 0.29) is 24.0 Å². The summed E-state index contributed by atoms with van der Waals surface area (Å²) in [6.45, 7) is 7.91. The maximum Gasteiger partial charge on any atom is 0.248 e. The standard InChI is InChI=1S/C28H35F2N7O2/c1-18-16-36(7-6-35(18)3)26-12-23(30)22(11-25(26)32-14-21-15-33-27(38)10-20(21)13-29)24-4-5-31-28(34-24)37-8-9-39-19(2)17-37/h4-5,10-12,15,18-19,32H,6-9,13-14,16-17H2,1-3H3,(H,33,38)/t18-,19-/m0/s1. The first-order chi connectivity index (χ1) is 18.8. The molecule has 2 saturated heterocycles. The van der Waals surface area contributed by atoms with Crippen molar-refractivity contribution in [2.45, 2.75) is 39.2 Å². The molecule has 208 valence electrons. The summed E-state index contributed by atoms with van der Waals surface area (Å²) in [6, 6.07) is 6.59. The van der Waals surface area contributed by atoms with E-state index in [4.69, 9.17) is 9.72 Å². The van der Waals surface area contributed by atoms with Crippen LogP contribution in [0.25, 0.3) is 11.3 Å². The van der Waals surface area contributed by atoms with Crippen molar-refractivity contribution in [3.63, 3.8) is 0 Å². The molecule has 1 aromatic carbocycles. The van der Waals surface area contributed by atoms with Crippen LogP contribution in [0, 0.1) is 5.82 Å². The average Bonchev–Trinajstić information content (AvgIpc) is 2.94. The smallest absolute Gasteiger partial charge is 0.248 e. The van der Waals surface area contributed by atoms with Crippen molar-refractivity contribution in [2.24, 2.45) is 0 Å². The number of aromatic amines is 1. The zero-order valence-corrected chi connectivity index (χ0v) is 22.6. The molecule has 0 amide bonds. The van der Waals surface area contributed by atoms with Crippen LogP contribution in [-0.4, -0.2) is 78.4 Å². The third-order valence-corrected chi connectivity index (χ3v) is 7.55. The molecule has 4 heterocycles. The lowest BCUT2D eigenvalue weighted by molar-refractivity contribution is 0.0526. The first-order valence-corrected chi connectivity index (χ1v) is 13.3. The highest BCUT2D eigenvalue weighted by Crippen LogP contribution is 2.35. The third-order valence-electron chi connectivity index (χ3n) is 7.55. The van der Waals surface area contributed by atoms with E-state index in [9.17, 15) is 9.18 Å². The molecule has 2 aromatic heterocycles. The van der Waals surface area contributed by atoms with E-state index in [1.807, 2.05) is 11.8 Å². The Kier molecular flexibility index (Phi) is 8.08. The number of morpholine rings is 1. The Balaban J connectivity index is 1.50. The van der Waals surface area contributed by atoms with Crippen molar-refractivity contribution in [3.8, 4) is 11.3 Å². The lowest BCUT2D eigenvalue weighted by Gasteiger charge is -2.40. The minimum absolute atomic E-state index is 0.0611. The maximum atomic E-state index is 15.8. The molecular weight excluding hydrogens is 504 g/mol. The molecule has 0 saturated carbocycles. The molecule has 39 heavy (non-hydrogen) atoms. The van der Waals surface area contributed by atoms with Crippen molar-refractivity contribution in [1.29, 1.82) is 0 Å². The highest BCUT2D eigenvalue weighted by molar-refractivity contribution is 5.78. The molecule has 0 unspecified atom stereocenters. The fourth-order valence-corrected chi connectivity index (χ4v) is 5.10. The summed E-state index contributed by atoms with van der Waals surface area (Å²) in [5.74, 6) is 0.157. The number of nitrogens with one attached hydrogen (secondary N) is 2. The zero-order chi connectivity index (χ0) is 27.5. The van der Waals surface area contributed by atoms with E-state index in [1.165, 1.54) is 12.3 Å². The monoisotopic (exact) mass is 539 g/mol. The van der Waals surface area contributed by atoms with E-state index in [2.05, 4.69) is 39.1 Å². The highest BCUT2D eigenvalue weighted by Gasteiger charge is 2.25.